The van der Waals surface area contributed by atoms with Crippen LogP contribution >= 0.6 is 11.3 Å². The van der Waals surface area contributed by atoms with Gasteiger partial charge in [-0.1, -0.05) is 6.07 Å². The summed E-state index contributed by atoms with van der Waals surface area (Å²) in [5, 5.41) is 5.91. The predicted molar refractivity (Wildman–Crippen MR) is 123 cm³/mol. The lowest BCUT2D eigenvalue weighted by Crippen LogP contribution is -2.49. The highest BCUT2D eigenvalue weighted by Crippen LogP contribution is 2.36. The lowest BCUT2D eigenvalue weighted by atomic mass is 9.88. The van der Waals surface area contributed by atoms with E-state index in [-0.39, 0.29) is 0 Å². The van der Waals surface area contributed by atoms with E-state index < -0.39 is 0 Å². The fourth-order valence-corrected chi connectivity index (χ4v) is 6.17. The Labute approximate surface area is 185 Å². The van der Waals surface area contributed by atoms with Gasteiger partial charge in [-0.15, -0.1) is 11.3 Å². The van der Waals surface area contributed by atoms with Gasteiger partial charge in [0.25, 0.3) is 0 Å². The van der Waals surface area contributed by atoms with Gasteiger partial charge in [0.15, 0.2) is 5.96 Å². The Morgan fingerprint density at radius 3 is 2.80 bits per heavy atom. The fraction of sp³-hybridized carbons (Fsp3) is 0.783. The summed E-state index contributed by atoms with van der Waals surface area (Å²) in [4.78, 5) is 11.0. The van der Waals surface area contributed by atoms with Crippen LogP contribution in [0.25, 0.3) is 0 Å². The smallest absolute Gasteiger partial charge is 0.193 e. The molecular formula is C23H38N4O2S. The molecule has 6 nitrogen and oxygen atoms in total. The van der Waals surface area contributed by atoms with Gasteiger partial charge in [-0.25, -0.2) is 0 Å². The summed E-state index contributed by atoms with van der Waals surface area (Å²) in [5.41, 5.74) is 0. The van der Waals surface area contributed by atoms with Gasteiger partial charge in [-0.3, -0.25) is 9.89 Å². The summed E-state index contributed by atoms with van der Waals surface area (Å²) in [6, 6.07) is 4.98. The van der Waals surface area contributed by atoms with Gasteiger partial charge in [-0.05, 0) is 69.5 Å². The monoisotopic (exact) mass is 434 g/mol. The lowest BCUT2D eigenvalue weighted by Gasteiger charge is -2.40. The Hall–Kier alpha value is -1.15. The lowest BCUT2D eigenvalue weighted by molar-refractivity contribution is -0.0367. The highest BCUT2D eigenvalue weighted by Gasteiger charge is 2.32. The Morgan fingerprint density at radius 2 is 2.10 bits per heavy atom. The van der Waals surface area contributed by atoms with Crippen molar-refractivity contribution in [3.05, 3.63) is 22.4 Å². The molecule has 30 heavy (non-hydrogen) atoms. The van der Waals surface area contributed by atoms with Crippen LogP contribution in [-0.4, -0.2) is 81.5 Å². The maximum absolute atomic E-state index is 6.13. The molecule has 3 atom stereocenters. The number of nitrogens with zero attached hydrogens (tertiary/aromatic N) is 3. The summed E-state index contributed by atoms with van der Waals surface area (Å²) in [6.45, 7) is 5.85. The molecule has 0 bridgehead atoms. The molecule has 1 aromatic heterocycles. The number of rotatable bonds is 6. The van der Waals surface area contributed by atoms with E-state index in [0.717, 1.165) is 58.1 Å². The Bertz CT molecular complexity index is 654. The average molecular weight is 435 g/mol. The van der Waals surface area contributed by atoms with Crippen molar-refractivity contribution >= 4 is 17.3 Å². The van der Waals surface area contributed by atoms with Gasteiger partial charge in [-0.2, -0.15) is 0 Å². The van der Waals surface area contributed by atoms with Crippen molar-refractivity contribution in [3.63, 3.8) is 0 Å². The SMILES string of the molecule is CN=C(NCC1CCCN(C)C1c1cccs1)N1CCC(OCC2CCCO2)CC1. The van der Waals surface area contributed by atoms with E-state index in [9.17, 15) is 0 Å². The van der Waals surface area contributed by atoms with Gasteiger partial charge in [0.05, 0.1) is 18.8 Å². The minimum atomic E-state index is 0.322. The van der Waals surface area contributed by atoms with Gasteiger partial charge in [0, 0.05) is 44.2 Å². The molecule has 3 fully saturated rings. The number of hydrogen-bond donors (Lipinski definition) is 1. The summed E-state index contributed by atoms with van der Waals surface area (Å²) in [5.74, 6) is 1.66. The van der Waals surface area contributed by atoms with Crippen LogP contribution in [0.2, 0.25) is 0 Å². The Balaban J connectivity index is 1.24. The largest absolute Gasteiger partial charge is 0.376 e. The summed E-state index contributed by atoms with van der Waals surface area (Å²) in [6.07, 6.45) is 7.69. The van der Waals surface area contributed by atoms with Crippen molar-refractivity contribution in [2.45, 2.75) is 56.8 Å². The first-order valence-electron chi connectivity index (χ1n) is 11.7. The van der Waals surface area contributed by atoms with Crippen LogP contribution in [0.5, 0.6) is 0 Å². The van der Waals surface area contributed by atoms with E-state index in [2.05, 4.69) is 44.7 Å². The molecule has 0 amide bonds. The molecule has 4 heterocycles. The van der Waals surface area contributed by atoms with Crippen LogP contribution in [0.3, 0.4) is 0 Å². The second kappa shape index (κ2) is 10.9. The van der Waals surface area contributed by atoms with Crippen molar-refractivity contribution in [2.75, 3.05) is 53.5 Å². The Kier molecular flexibility index (Phi) is 8.04. The molecule has 1 aromatic rings. The van der Waals surface area contributed by atoms with Crippen LogP contribution in [0.4, 0.5) is 0 Å². The maximum Gasteiger partial charge on any atom is 0.193 e. The first kappa shape index (κ1) is 22.1. The van der Waals surface area contributed by atoms with Gasteiger partial charge in [0.1, 0.15) is 0 Å². The minimum Gasteiger partial charge on any atom is -0.376 e. The van der Waals surface area contributed by atoms with Gasteiger partial charge >= 0.3 is 0 Å². The molecule has 0 radical (unpaired) electrons. The van der Waals surface area contributed by atoms with Crippen molar-refractivity contribution in [1.29, 1.82) is 0 Å². The van der Waals surface area contributed by atoms with E-state index >= 15 is 0 Å². The molecule has 7 heteroatoms. The molecule has 0 aliphatic carbocycles. The Morgan fingerprint density at radius 1 is 1.23 bits per heavy atom. The zero-order valence-corrected chi connectivity index (χ0v) is 19.4. The van der Waals surface area contributed by atoms with Crippen molar-refractivity contribution < 1.29 is 9.47 Å². The third-order valence-corrected chi connectivity index (χ3v) is 7.80. The molecule has 0 saturated carbocycles. The minimum absolute atomic E-state index is 0.322. The number of guanidine groups is 1. The third kappa shape index (κ3) is 5.55. The van der Waals surface area contributed by atoms with Crippen LogP contribution in [0.15, 0.2) is 22.5 Å². The predicted octanol–water partition coefficient (Wildman–Crippen LogP) is 3.37. The van der Waals surface area contributed by atoms with Crippen LogP contribution in [0.1, 0.15) is 49.4 Å². The second-order valence-electron chi connectivity index (χ2n) is 8.93. The van der Waals surface area contributed by atoms with E-state index in [4.69, 9.17) is 9.47 Å². The quantitative estimate of drug-likeness (QED) is 0.550. The first-order valence-corrected chi connectivity index (χ1v) is 12.5. The van der Waals surface area contributed by atoms with Crippen LogP contribution < -0.4 is 5.32 Å². The molecule has 4 rings (SSSR count). The molecular weight excluding hydrogens is 396 g/mol. The summed E-state index contributed by atoms with van der Waals surface area (Å²) >= 11 is 1.89. The number of hydrogen-bond acceptors (Lipinski definition) is 5. The zero-order valence-electron chi connectivity index (χ0n) is 18.6. The number of ether oxygens (including phenoxy) is 2. The number of thiophene rings is 1. The highest BCUT2D eigenvalue weighted by atomic mass is 32.1. The third-order valence-electron chi connectivity index (χ3n) is 6.86. The normalized spacial score (nSPS) is 29.5. The molecule has 3 aliphatic rings. The number of piperidine rings is 2. The number of likely N-dealkylation sites (tertiary alicyclic amines) is 2. The van der Waals surface area contributed by atoms with Crippen molar-refractivity contribution in [3.8, 4) is 0 Å². The van der Waals surface area contributed by atoms with E-state index in [1.807, 2.05) is 18.4 Å². The fourth-order valence-electron chi connectivity index (χ4n) is 5.19. The average Bonchev–Trinajstić information content (AvgIpc) is 3.48. The molecule has 0 aromatic carbocycles. The summed E-state index contributed by atoms with van der Waals surface area (Å²) in [7, 11) is 4.18. The van der Waals surface area contributed by atoms with Gasteiger partial charge in [0.2, 0.25) is 0 Å². The molecule has 168 valence electrons. The number of aliphatic imine (C=N–C) groups is 1. The second-order valence-corrected chi connectivity index (χ2v) is 9.91. The van der Waals surface area contributed by atoms with Crippen LogP contribution in [0, 0.1) is 5.92 Å². The van der Waals surface area contributed by atoms with Gasteiger partial charge < -0.3 is 19.7 Å². The number of nitrogens with one attached hydrogen (secondary N) is 1. The van der Waals surface area contributed by atoms with E-state index in [0.29, 0.717) is 24.2 Å². The zero-order chi connectivity index (χ0) is 20.8. The maximum atomic E-state index is 6.13. The molecule has 3 aliphatic heterocycles. The molecule has 1 N–H and O–H groups in total. The first-order chi connectivity index (χ1) is 14.7. The van der Waals surface area contributed by atoms with Crippen LogP contribution in [-0.2, 0) is 9.47 Å². The highest BCUT2D eigenvalue weighted by molar-refractivity contribution is 7.10. The van der Waals surface area contributed by atoms with Crippen molar-refractivity contribution in [2.24, 2.45) is 10.9 Å². The van der Waals surface area contributed by atoms with E-state index in [1.165, 1.54) is 30.7 Å². The van der Waals surface area contributed by atoms with E-state index in [1.54, 1.807) is 0 Å². The standard InChI is InChI=1S/C23H38N4O2S/c1-24-23(27-12-9-19(10-13-27)29-17-20-7-4-14-28-20)25-16-18-6-3-11-26(2)22(18)21-8-5-15-30-21/h5,8,15,18-20,22H,3-4,6-7,9-14,16-17H2,1-2H3,(H,24,25). The molecule has 3 unspecified atom stereocenters. The summed E-state index contributed by atoms with van der Waals surface area (Å²) < 4.78 is 11.8. The topological polar surface area (TPSA) is 49.3 Å². The molecule has 3 saturated heterocycles. The van der Waals surface area contributed by atoms with Crippen molar-refractivity contribution in [1.82, 2.24) is 15.1 Å². The molecule has 0 spiro atoms.